The van der Waals surface area contributed by atoms with Crippen LogP contribution in [-0.2, 0) is 27.9 Å². The Balaban J connectivity index is 5.05. The van der Waals surface area contributed by atoms with Crippen LogP contribution < -0.4 is 10.2 Å². The quantitative estimate of drug-likeness (QED) is 0.0212. The van der Waals surface area contributed by atoms with Gasteiger partial charge in [0.25, 0.3) is 7.82 Å². The topological polar surface area (TPSA) is 114 Å². The average Bonchev–Trinajstić information content (AvgIpc) is 3.65. The van der Waals surface area contributed by atoms with Crippen molar-refractivity contribution < 1.29 is 37.3 Å². The van der Waals surface area contributed by atoms with Gasteiger partial charge in [0.1, 0.15) is 19.3 Å². The maximum atomic E-state index is 13.6. The molecule has 10 heteroatoms. The van der Waals surface area contributed by atoms with Crippen molar-refractivity contribution in [1.82, 2.24) is 5.32 Å². The monoisotopic (exact) mass is 1220 g/mol. The number of allylic oxidation sites excluding steroid dienone is 13. The summed E-state index contributed by atoms with van der Waals surface area (Å²) in [6, 6.07) is -0.895. The molecule has 3 atom stereocenters. The van der Waals surface area contributed by atoms with Gasteiger partial charge in [-0.3, -0.25) is 14.2 Å². The fourth-order valence-electron chi connectivity index (χ4n) is 10.5. The zero-order valence-corrected chi connectivity index (χ0v) is 58.2. The molecule has 0 heterocycles. The third kappa shape index (κ3) is 65.6. The number of phosphoric ester groups is 1. The normalized spacial score (nSPS) is 14.0. The molecule has 0 fully saturated rings. The van der Waals surface area contributed by atoms with Crippen LogP contribution in [0.2, 0.25) is 0 Å². The van der Waals surface area contributed by atoms with E-state index < -0.39 is 26.6 Å². The van der Waals surface area contributed by atoms with Gasteiger partial charge < -0.3 is 28.5 Å². The Morgan fingerprint density at radius 3 is 1.13 bits per heavy atom. The van der Waals surface area contributed by atoms with Gasteiger partial charge in [0.15, 0.2) is 0 Å². The number of nitrogens with zero attached hydrogens (tertiary/aromatic N) is 1. The molecule has 0 rings (SSSR count). The average molecular weight is 1220 g/mol. The summed E-state index contributed by atoms with van der Waals surface area (Å²) in [5.41, 5.74) is 0. The van der Waals surface area contributed by atoms with Gasteiger partial charge in [-0.1, -0.05) is 305 Å². The van der Waals surface area contributed by atoms with Gasteiger partial charge in [-0.25, -0.2) is 0 Å². The Bertz CT molecular complexity index is 1750. The van der Waals surface area contributed by atoms with Gasteiger partial charge in [-0.2, -0.15) is 0 Å². The van der Waals surface area contributed by atoms with E-state index in [1.54, 1.807) is 0 Å². The molecule has 0 aromatic heterocycles. The molecule has 9 nitrogen and oxygen atoms in total. The van der Waals surface area contributed by atoms with E-state index in [9.17, 15) is 19.0 Å². The van der Waals surface area contributed by atoms with Gasteiger partial charge >= 0.3 is 5.97 Å². The summed E-state index contributed by atoms with van der Waals surface area (Å²) in [6.45, 7) is 6.76. The van der Waals surface area contributed by atoms with E-state index in [-0.39, 0.29) is 24.9 Å². The van der Waals surface area contributed by atoms with E-state index in [1.165, 1.54) is 199 Å². The third-order valence-electron chi connectivity index (χ3n) is 16.1. The van der Waals surface area contributed by atoms with Gasteiger partial charge in [0.2, 0.25) is 5.91 Å². The molecule has 0 aliphatic heterocycles. The van der Waals surface area contributed by atoms with Crippen LogP contribution in [0, 0.1) is 0 Å². The molecular weight excluding hydrogens is 1080 g/mol. The highest BCUT2D eigenvalue weighted by Gasteiger charge is 2.27. The number of nitrogens with one attached hydrogen (secondary N) is 1. The van der Waals surface area contributed by atoms with Gasteiger partial charge in [-0.05, 0) is 102 Å². The summed E-state index contributed by atoms with van der Waals surface area (Å²) >= 11 is 0. The van der Waals surface area contributed by atoms with Crippen molar-refractivity contribution in [3.8, 4) is 0 Å². The van der Waals surface area contributed by atoms with Crippen LogP contribution in [-0.4, -0.2) is 69.4 Å². The Hall–Kier alpha value is -2.81. The van der Waals surface area contributed by atoms with Crippen molar-refractivity contribution in [2.45, 2.75) is 348 Å². The van der Waals surface area contributed by atoms with Crippen molar-refractivity contribution >= 4 is 19.7 Å². The molecule has 0 aromatic carbocycles. The highest BCUT2D eigenvalue weighted by atomic mass is 31.2. The van der Waals surface area contributed by atoms with Crippen LogP contribution >= 0.6 is 7.82 Å². The minimum atomic E-state index is -4.71. The SMILES string of the molecule is CC/C=C\C/C=C\C/C=C\C/C=C\C/C=C\CCCCCCCCCCCC(=O)OC(/C=C/CCCCCCCCCCCC)C(COP(=O)([O-])OCC[N+](C)(C)C)NC(=O)CCCCCCCCCCCCCCC/C=C/CCCCCCCC. The number of rotatable bonds is 66. The fraction of sp³-hybridized carbons (Fsp3) is 0.789. The maximum Gasteiger partial charge on any atom is 0.306 e. The van der Waals surface area contributed by atoms with E-state index in [0.29, 0.717) is 17.4 Å². The largest absolute Gasteiger partial charge is 0.756 e. The lowest BCUT2D eigenvalue weighted by Gasteiger charge is -2.30. The van der Waals surface area contributed by atoms with E-state index >= 15 is 0 Å². The zero-order valence-electron chi connectivity index (χ0n) is 57.3. The number of hydrogen-bond acceptors (Lipinski definition) is 7. The number of hydrogen-bond donors (Lipinski definition) is 1. The molecular formula is C76H139N2O7P. The van der Waals surface area contributed by atoms with Gasteiger partial charge in [-0.15, -0.1) is 0 Å². The molecule has 0 aromatic rings. The van der Waals surface area contributed by atoms with Crippen LogP contribution in [0.25, 0.3) is 0 Å². The molecule has 1 N–H and O–H groups in total. The highest BCUT2D eigenvalue weighted by molar-refractivity contribution is 7.45. The summed E-state index contributed by atoms with van der Waals surface area (Å²) in [4.78, 5) is 40.2. The second-order valence-corrected chi connectivity index (χ2v) is 27.1. The maximum absolute atomic E-state index is 13.6. The second-order valence-electron chi connectivity index (χ2n) is 25.7. The minimum Gasteiger partial charge on any atom is -0.756 e. The van der Waals surface area contributed by atoms with Crippen molar-refractivity contribution in [2.24, 2.45) is 0 Å². The Kier molecular flexibility index (Phi) is 63.0. The molecule has 0 aliphatic carbocycles. The smallest absolute Gasteiger partial charge is 0.306 e. The van der Waals surface area contributed by atoms with E-state index in [4.69, 9.17) is 13.8 Å². The van der Waals surface area contributed by atoms with Crippen LogP contribution in [0.5, 0.6) is 0 Å². The summed E-state index contributed by atoms with van der Waals surface area (Å²) < 4.78 is 30.5. The number of amides is 1. The number of unbranched alkanes of at least 4 members (excludes halogenated alkanes) is 38. The molecule has 0 aliphatic rings. The Morgan fingerprint density at radius 1 is 0.419 bits per heavy atom. The number of carbonyl (C=O) groups is 2. The van der Waals surface area contributed by atoms with Crippen molar-refractivity contribution in [1.29, 1.82) is 0 Å². The van der Waals surface area contributed by atoms with E-state index in [2.05, 4.69) is 99.0 Å². The van der Waals surface area contributed by atoms with E-state index in [1.807, 2.05) is 33.3 Å². The molecule has 0 saturated heterocycles. The summed E-state index contributed by atoms with van der Waals surface area (Å²) in [7, 11) is 1.18. The van der Waals surface area contributed by atoms with Crippen molar-refractivity contribution in [2.75, 3.05) is 40.9 Å². The van der Waals surface area contributed by atoms with E-state index in [0.717, 1.165) is 103 Å². The molecule has 0 spiro atoms. The molecule has 1 amide bonds. The van der Waals surface area contributed by atoms with Crippen molar-refractivity contribution in [3.63, 3.8) is 0 Å². The zero-order chi connectivity index (χ0) is 62.8. The number of ether oxygens (including phenoxy) is 1. The van der Waals surface area contributed by atoms with Gasteiger partial charge in [0.05, 0.1) is 33.8 Å². The molecule has 0 radical (unpaired) electrons. The number of likely N-dealkylation sites (N-methyl/N-ethyl adjacent to an activating group) is 1. The highest BCUT2D eigenvalue weighted by Crippen LogP contribution is 2.38. The minimum absolute atomic E-state index is 0.0250. The first kappa shape index (κ1) is 83.2. The third-order valence-corrected chi connectivity index (χ3v) is 17.0. The fourth-order valence-corrected chi connectivity index (χ4v) is 11.2. The lowest BCUT2D eigenvalue weighted by Crippen LogP contribution is -2.47. The molecule has 0 saturated carbocycles. The van der Waals surface area contributed by atoms with Crippen LogP contribution in [0.3, 0.4) is 0 Å². The number of esters is 1. The van der Waals surface area contributed by atoms with Crippen LogP contribution in [0.15, 0.2) is 85.1 Å². The second kappa shape index (κ2) is 65.2. The first-order chi connectivity index (χ1) is 41.9. The summed E-state index contributed by atoms with van der Waals surface area (Å²) in [6.07, 6.45) is 87.1. The Morgan fingerprint density at radius 2 is 0.744 bits per heavy atom. The molecule has 86 heavy (non-hydrogen) atoms. The molecule has 3 unspecified atom stereocenters. The number of quaternary nitrogens is 1. The standard InChI is InChI=1S/C76H139N2O7P/c1-7-10-13-16-19-22-25-28-30-32-34-36-38-39-41-43-45-47-49-51-54-57-60-63-66-69-76(80)85-74(67-64-61-58-55-52-27-24-21-18-15-12-9-3)73(72-84-86(81,82)83-71-70-78(4,5)6)77-75(79)68-65-62-59-56-53-50-48-46-44-42-40-37-35-33-31-29-26-23-20-17-14-11-8-2/h10,13,19,22,28-31,34,36,39,41,64,67,73-74H,7-9,11-12,14-18,20-21,23-27,32-33,35,37-38,40,42-63,65-66,68-72H2,1-6H3,(H-,77,79,81,82)/b13-10-,22-19-,30-28-,31-29+,36-34-,41-39-,67-64+. The molecule has 500 valence electrons. The first-order valence-corrected chi connectivity index (χ1v) is 37.9. The predicted octanol–water partition coefficient (Wildman–Crippen LogP) is 22.7. The summed E-state index contributed by atoms with van der Waals surface area (Å²) in [5.74, 6) is -0.540. The molecule has 0 bridgehead atoms. The lowest BCUT2D eigenvalue weighted by atomic mass is 10.0. The van der Waals surface area contributed by atoms with Crippen molar-refractivity contribution in [3.05, 3.63) is 85.1 Å². The Labute approximate surface area is 533 Å². The van der Waals surface area contributed by atoms with Crippen LogP contribution in [0.1, 0.15) is 335 Å². The number of phosphoric acid groups is 1. The van der Waals surface area contributed by atoms with Gasteiger partial charge in [0, 0.05) is 12.8 Å². The lowest BCUT2D eigenvalue weighted by molar-refractivity contribution is -0.870. The summed E-state index contributed by atoms with van der Waals surface area (Å²) in [5, 5.41) is 3.05. The first-order valence-electron chi connectivity index (χ1n) is 36.4. The predicted molar refractivity (Wildman–Crippen MR) is 371 cm³/mol. The number of carbonyl (C=O) groups excluding carboxylic acids is 2. The van der Waals surface area contributed by atoms with Crippen LogP contribution in [0.4, 0.5) is 0 Å².